The van der Waals surface area contributed by atoms with Crippen LogP contribution in [0.1, 0.15) is 39.9 Å². The highest BCUT2D eigenvalue weighted by Crippen LogP contribution is 2.31. The van der Waals surface area contributed by atoms with Crippen molar-refractivity contribution in [1.82, 2.24) is 9.88 Å². The first-order valence-corrected chi connectivity index (χ1v) is 10.5. The lowest BCUT2D eigenvalue weighted by Gasteiger charge is -2.26. The molecule has 2 saturated heterocycles. The van der Waals surface area contributed by atoms with E-state index in [0.29, 0.717) is 44.3 Å². The van der Waals surface area contributed by atoms with Gasteiger partial charge in [-0.3, -0.25) is 9.79 Å². The molecular formula is C23H25N3O4. The van der Waals surface area contributed by atoms with Crippen molar-refractivity contribution in [3.63, 3.8) is 0 Å². The first-order chi connectivity index (χ1) is 14.8. The average Bonchev–Trinajstić information content (AvgIpc) is 3.25. The number of hydrogen-bond acceptors (Lipinski definition) is 6. The number of aliphatic imine (C=N–C) groups is 1. The second kappa shape index (κ2) is 8.53. The maximum absolute atomic E-state index is 12.7. The number of hydrogen-bond donors (Lipinski definition) is 0. The van der Waals surface area contributed by atoms with Gasteiger partial charge in [0, 0.05) is 43.3 Å². The molecule has 0 unspecified atom stereocenters. The zero-order valence-corrected chi connectivity index (χ0v) is 16.9. The number of fused-ring (bicyclic) bond motifs is 1. The molecular weight excluding hydrogens is 382 g/mol. The highest BCUT2D eigenvalue weighted by molar-refractivity contribution is 6.16. The fourth-order valence-corrected chi connectivity index (χ4v) is 4.10. The standard InChI is InChI=1S/C23H25N3O4/c27-23(26-9-13-29-14-10-26)17-3-1-16(2-4-17)21-20-18(15-25-21)5-8-24-22(20)30-19-6-11-28-12-7-19/h1-5,8,19H,6-7,9-15H2. The second-order valence-electron chi connectivity index (χ2n) is 7.73. The Labute approximate surface area is 175 Å². The van der Waals surface area contributed by atoms with Gasteiger partial charge in [-0.2, -0.15) is 0 Å². The maximum Gasteiger partial charge on any atom is 0.254 e. The molecule has 7 nitrogen and oxygen atoms in total. The monoisotopic (exact) mass is 407 g/mol. The lowest BCUT2D eigenvalue weighted by molar-refractivity contribution is 0.0236. The summed E-state index contributed by atoms with van der Waals surface area (Å²) < 4.78 is 17.0. The first kappa shape index (κ1) is 19.2. The third-order valence-corrected chi connectivity index (χ3v) is 5.80. The van der Waals surface area contributed by atoms with E-state index in [-0.39, 0.29) is 12.0 Å². The Balaban J connectivity index is 1.37. The van der Waals surface area contributed by atoms with Crippen LogP contribution in [0.5, 0.6) is 5.88 Å². The van der Waals surface area contributed by atoms with Crippen LogP contribution in [0.25, 0.3) is 0 Å². The highest BCUT2D eigenvalue weighted by atomic mass is 16.5. The molecule has 3 aliphatic heterocycles. The minimum absolute atomic E-state index is 0.0452. The van der Waals surface area contributed by atoms with Gasteiger partial charge in [-0.15, -0.1) is 0 Å². The number of carbonyl (C=O) groups is 1. The van der Waals surface area contributed by atoms with E-state index in [4.69, 9.17) is 19.2 Å². The zero-order chi connectivity index (χ0) is 20.3. The number of carbonyl (C=O) groups excluding carboxylic acids is 1. The molecule has 30 heavy (non-hydrogen) atoms. The van der Waals surface area contributed by atoms with Gasteiger partial charge in [0.2, 0.25) is 5.88 Å². The largest absolute Gasteiger partial charge is 0.474 e. The number of rotatable bonds is 4. The number of ether oxygens (including phenoxy) is 3. The van der Waals surface area contributed by atoms with E-state index >= 15 is 0 Å². The molecule has 2 fully saturated rings. The Bertz CT molecular complexity index is 945. The summed E-state index contributed by atoms with van der Waals surface area (Å²) in [5, 5.41) is 0. The first-order valence-electron chi connectivity index (χ1n) is 10.5. The van der Waals surface area contributed by atoms with Gasteiger partial charge >= 0.3 is 0 Å². The van der Waals surface area contributed by atoms with E-state index in [9.17, 15) is 4.79 Å². The van der Waals surface area contributed by atoms with Crippen molar-refractivity contribution in [1.29, 1.82) is 0 Å². The van der Waals surface area contributed by atoms with E-state index in [1.165, 1.54) is 0 Å². The lowest BCUT2D eigenvalue weighted by Crippen LogP contribution is -2.40. The molecule has 1 aromatic carbocycles. The van der Waals surface area contributed by atoms with Gasteiger partial charge in [-0.25, -0.2) is 4.98 Å². The van der Waals surface area contributed by atoms with Crippen molar-refractivity contribution in [2.45, 2.75) is 25.5 Å². The number of morpholine rings is 1. The van der Waals surface area contributed by atoms with Crippen molar-refractivity contribution in [3.8, 4) is 5.88 Å². The van der Waals surface area contributed by atoms with Gasteiger partial charge in [0.05, 0.1) is 44.2 Å². The normalized spacial score (nSPS) is 19.3. The molecule has 0 saturated carbocycles. The third-order valence-electron chi connectivity index (χ3n) is 5.80. The Morgan fingerprint density at radius 1 is 1.00 bits per heavy atom. The summed E-state index contributed by atoms with van der Waals surface area (Å²) in [7, 11) is 0. The van der Waals surface area contributed by atoms with Crippen LogP contribution >= 0.6 is 0 Å². The van der Waals surface area contributed by atoms with Gasteiger partial charge in [-0.1, -0.05) is 12.1 Å². The Hall–Kier alpha value is -2.77. The van der Waals surface area contributed by atoms with Crippen molar-refractivity contribution < 1.29 is 19.0 Å². The fourth-order valence-electron chi connectivity index (χ4n) is 4.10. The van der Waals surface area contributed by atoms with Gasteiger partial charge < -0.3 is 19.1 Å². The fraction of sp³-hybridized carbons (Fsp3) is 0.435. The third kappa shape index (κ3) is 3.82. The summed E-state index contributed by atoms with van der Waals surface area (Å²) in [6.45, 7) is 4.53. The molecule has 0 N–H and O–H groups in total. The van der Waals surface area contributed by atoms with Crippen LogP contribution in [0.15, 0.2) is 41.5 Å². The van der Waals surface area contributed by atoms with Crippen LogP contribution in [0, 0.1) is 0 Å². The summed E-state index contributed by atoms with van der Waals surface area (Å²) >= 11 is 0. The summed E-state index contributed by atoms with van der Waals surface area (Å²) in [6, 6.07) is 9.69. The number of aromatic nitrogens is 1. The second-order valence-corrected chi connectivity index (χ2v) is 7.73. The van der Waals surface area contributed by atoms with Gasteiger partial charge in [0.15, 0.2) is 0 Å². The molecule has 0 aliphatic carbocycles. The predicted molar refractivity (Wildman–Crippen MR) is 111 cm³/mol. The van der Waals surface area contributed by atoms with E-state index in [0.717, 1.165) is 48.5 Å². The van der Waals surface area contributed by atoms with E-state index in [1.807, 2.05) is 35.2 Å². The molecule has 156 valence electrons. The molecule has 7 heteroatoms. The van der Waals surface area contributed by atoms with E-state index in [2.05, 4.69) is 4.98 Å². The molecule has 0 spiro atoms. The molecule has 0 bridgehead atoms. The van der Waals surface area contributed by atoms with Gasteiger partial charge in [-0.05, 0) is 23.8 Å². The van der Waals surface area contributed by atoms with Crippen molar-refractivity contribution in [2.24, 2.45) is 4.99 Å². The summed E-state index contributed by atoms with van der Waals surface area (Å²) in [5.41, 5.74) is 4.62. The van der Waals surface area contributed by atoms with Crippen LogP contribution in [0.3, 0.4) is 0 Å². The molecule has 2 aromatic rings. The molecule has 1 amide bonds. The SMILES string of the molecule is O=C(c1ccc(C2=NCc3ccnc(OC4CCOCC4)c32)cc1)N1CCOCC1. The smallest absolute Gasteiger partial charge is 0.254 e. The molecule has 5 rings (SSSR count). The van der Waals surface area contributed by atoms with Gasteiger partial charge in [0.25, 0.3) is 5.91 Å². The minimum Gasteiger partial charge on any atom is -0.474 e. The Morgan fingerprint density at radius 3 is 2.50 bits per heavy atom. The molecule has 4 heterocycles. The Kier molecular flexibility index (Phi) is 5.46. The van der Waals surface area contributed by atoms with Crippen molar-refractivity contribution in [2.75, 3.05) is 39.5 Å². The molecule has 0 radical (unpaired) electrons. The van der Waals surface area contributed by atoms with Crippen LogP contribution in [-0.2, 0) is 16.0 Å². The van der Waals surface area contributed by atoms with Crippen LogP contribution < -0.4 is 4.74 Å². The van der Waals surface area contributed by atoms with E-state index < -0.39 is 0 Å². The van der Waals surface area contributed by atoms with Crippen LogP contribution in [0.4, 0.5) is 0 Å². The van der Waals surface area contributed by atoms with Crippen LogP contribution in [0.2, 0.25) is 0 Å². The molecule has 0 atom stereocenters. The summed E-state index contributed by atoms with van der Waals surface area (Å²) in [6.07, 6.45) is 3.65. The van der Waals surface area contributed by atoms with Crippen molar-refractivity contribution >= 4 is 11.6 Å². The van der Waals surface area contributed by atoms with E-state index in [1.54, 1.807) is 6.20 Å². The maximum atomic E-state index is 12.7. The zero-order valence-electron chi connectivity index (χ0n) is 16.9. The van der Waals surface area contributed by atoms with Crippen molar-refractivity contribution in [3.05, 3.63) is 58.8 Å². The predicted octanol–water partition coefficient (Wildman–Crippen LogP) is 2.46. The molecule has 3 aliphatic rings. The Morgan fingerprint density at radius 2 is 1.73 bits per heavy atom. The highest BCUT2D eigenvalue weighted by Gasteiger charge is 2.26. The van der Waals surface area contributed by atoms with Crippen LogP contribution in [-0.4, -0.2) is 67.1 Å². The number of pyridine rings is 1. The summed E-state index contributed by atoms with van der Waals surface area (Å²) in [4.78, 5) is 23.8. The quantitative estimate of drug-likeness (QED) is 0.779. The lowest BCUT2D eigenvalue weighted by atomic mass is 10.00. The summed E-state index contributed by atoms with van der Waals surface area (Å²) in [5.74, 6) is 0.688. The number of amides is 1. The number of nitrogens with zero attached hydrogens (tertiary/aromatic N) is 3. The number of benzene rings is 1. The minimum atomic E-state index is 0.0452. The molecule has 1 aromatic heterocycles. The topological polar surface area (TPSA) is 73.2 Å². The average molecular weight is 407 g/mol. The van der Waals surface area contributed by atoms with Gasteiger partial charge in [0.1, 0.15) is 6.10 Å².